The minimum Gasteiger partial charge on any atom is -0.468 e. The van der Waals surface area contributed by atoms with E-state index in [9.17, 15) is 24.3 Å². The number of methoxy groups -OCH3 is 1. The second-order valence-electron chi connectivity index (χ2n) is 10.3. The Morgan fingerprint density at radius 2 is 1.66 bits per heavy atom. The van der Waals surface area contributed by atoms with Crippen molar-refractivity contribution < 1.29 is 33.8 Å². The third-order valence-electron chi connectivity index (χ3n) is 5.00. The van der Waals surface area contributed by atoms with Gasteiger partial charge in [0, 0.05) is 5.54 Å². The Hall–Kier alpha value is -3.14. The van der Waals surface area contributed by atoms with Crippen molar-refractivity contribution in [3.05, 3.63) is 34.9 Å². The molecule has 35 heavy (non-hydrogen) atoms. The van der Waals surface area contributed by atoms with Crippen molar-refractivity contribution >= 4 is 23.9 Å². The maximum Gasteiger partial charge on any atom is 0.408 e. The maximum absolute atomic E-state index is 13.8. The molecule has 10 nitrogen and oxygen atoms in total. The fourth-order valence-corrected chi connectivity index (χ4v) is 3.43. The largest absolute Gasteiger partial charge is 0.468 e. The third-order valence-corrected chi connectivity index (χ3v) is 5.00. The lowest BCUT2D eigenvalue weighted by atomic mass is 9.92. The van der Waals surface area contributed by atoms with Crippen molar-refractivity contribution in [3.63, 3.8) is 0 Å². The molecule has 0 spiro atoms. The van der Waals surface area contributed by atoms with Crippen LogP contribution in [0.15, 0.2) is 18.2 Å². The van der Waals surface area contributed by atoms with Crippen LogP contribution in [-0.2, 0) is 23.9 Å². The number of hydrogen-bond acceptors (Lipinski definition) is 7. The summed E-state index contributed by atoms with van der Waals surface area (Å²) in [5.74, 6) is -1.95. The number of nitrogens with zero attached hydrogens (tertiary/aromatic N) is 1. The first-order chi connectivity index (χ1) is 16.0. The molecule has 1 aromatic carbocycles. The topological polar surface area (TPSA) is 134 Å². The Morgan fingerprint density at radius 1 is 1.06 bits per heavy atom. The standard InChI is InChI=1S/C25H39N3O7/c1-15-10-11-16(2)17(12-15)20(21(31)26-13-19(30)34-9)28(24(3,4)5)22(32)18(14-29)27-23(33)35-25(6,7)8/h10-12,18,20,29H,13-14H2,1-9H3,(H,26,31)(H,27,33). The van der Waals surface area contributed by atoms with Gasteiger partial charge in [-0.2, -0.15) is 0 Å². The van der Waals surface area contributed by atoms with Gasteiger partial charge in [-0.05, 0) is 66.5 Å². The van der Waals surface area contributed by atoms with Crippen LogP contribution < -0.4 is 10.6 Å². The summed E-state index contributed by atoms with van der Waals surface area (Å²) in [7, 11) is 1.20. The van der Waals surface area contributed by atoms with Gasteiger partial charge in [-0.15, -0.1) is 0 Å². The fourth-order valence-electron chi connectivity index (χ4n) is 3.43. The van der Waals surface area contributed by atoms with Gasteiger partial charge in [-0.3, -0.25) is 14.4 Å². The molecule has 2 unspecified atom stereocenters. The van der Waals surface area contributed by atoms with E-state index in [1.165, 1.54) is 12.0 Å². The third kappa shape index (κ3) is 8.86. The van der Waals surface area contributed by atoms with Crippen molar-refractivity contribution in [1.82, 2.24) is 15.5 Å². The van der Waals surface area contributed by atoms with Crippen LogP contribution in [0.5, 0.6) is 0 Å². The molecule has 1 rings (SSSR count). The molecule has 0 saturated carbocycles. The maximum atomic E-state index is 13.8. The highest BCUT2D eigenvalue weighted by Gasteiger charge is 2.42. The van der Waals surface area contributed by atoms with Gasteiger partial charge in [0.15, 0.2) is 0 Å². The summed E-state index contributed by atoms with van der Waals surface area (Å²) < 4.78 is 9.84. The van der Waals surface area contributed by atoms with Crippen LogP contribution in [0.1, 0.15) is 64.3 Å². The number of rotatable bonds is 8. The first-order valence-corrected chi connectivity index (χ1v) is 11.4. The molecular weight excluding hydrogens is 454 g/mol. The SMILES string of the molecule is COC(=O)CNC(=O)C(c1cc(C)ccc1C)N(C(=O)C(CO)NC(=O)OC(C)(C)C)C(C)(C)C. The van der Waals surface area contributed by atoms with Gasteiger partial charge in [-0.1, -0.05) is 23.8 Å². The van der Waals surface area contributed by atoms with E-state index in [0.29, 0.717) is 5.56 Å². The molecule has 3 amide bonds. The molecular formula is C25H39N3O7. The second-order valence-corrected chi connectivity index (χ2v) is 10.3. The highest BCUT2D eigenvalue weighted by molar-refractivity contribution is 5.94. The first-order valence-electron chi connectivity index (χ1n) is 11.4. The molecule has 0 heterocycles. The highest BCUT2D eigenvalue weighted by Crippen LogP contribution is 2.32. The minimum absolute atomic E-state index is 0.386. The van der Waals surface area contributed by atoms with Crippen LogP contribution in [0.4, 0.5) is 4.79 Å². The number of nitrogens with one attached hydrogen (secondary N) is 2. The number of carbonyl (C=O) groups excluding carboxylic acids is 4. The molecule has 3 N–H and O–H groups in total. The van der Waals surface area contributed by atoms with E-state index >= 15 is 0 Å². The van der Waals surface area contributed by atoms with Crippen LogP contribution in [0.2, 0.25) is 0 Å². The van der Waals surface area contributed by atoms with Crippen LogP contribution in [0.25, 0.3) is 0 Å². The van der Waals surface area contributed by atoms with Gasteiger partial charge in [0.05, 0.1) is 13.7 Å². The Bertz CT molecular complexity index is 932. The monoisotopic (exact) mass is 493 g/mol. The van der Waals surface area contributed by atoms with E-state index in [0.717, 1.165) is 11.1 Å². The van der Waals surface area contributed by atoms with Crippen LogP contribution in [0, 0.1) is 13.8 Å². The van der Waals surface area contributed by atoms with Crippen molar-refractivity contribution in [2.45, 2.75) is 78.6 Å². The predicted molar refractivity (Wildman–Crippen MR) is 131 cm³/mol. The molecule has 2 atom stereocenters. The quantitative estimate of drug-likeness (QED) is 0.472. The van der Waals surface area contributed by atoms with E-state index in [1.54, 1.807) is 47.6 Å². The van der Waals surface area contributed by atoms with Gasteiger partial charge < -0.3 is 30.1 Å². The molecule has 0 bridgehead atoms. The molecule has 0 saturated heterocycles. The van der Waals surface area contributed by atoms with Crippen LogP contribution in [-0.4, -0.2) is 71.3 Å². The number of aliphatic hydroxyl groups is 1. The van der Waals surface area contributed by atoms with Crippen LogP contribution in [0.3, 0.4) is 0 Å². The van der Waals surface area contributed by atoms with E-state index in [4.69, 9.17) is 4.74 Å². The zero-order valence-corrected chi connectivity index (χ0v) is 22.1. The number of alkyl carbamates (subject to hydrolysis) is 1. The lowest BCUT2D eigenvalue weighted by Crippen LogP contribution is -2.59. The van der Waals surface area contributed by atoms with Crippen molar-refractivity contribution in [3.8, 4) is 0 Å². The summed E-state index contributed by atoms with van der Waals surface area (Å²) in [5, 5.41) is 14.9. The lowest BCUT2D eigenvalue weighted by molar-refractivity contribution is -0.150. The van der Waals surface area contributed by atoms with Crippen molar-refractivity contribution in [2.75, 3.05) is 20.3 Å². The van der Waals surface area contributed by atoms with Gasteiger partial charge in [-0.25, -0.2) is 4.79 Å². The summed E-state index contributed by atoms with van der Waals surface area (Å²) in [5.41, 5.74) is 0.416. The Labute approximate surface area is 207 Å². The summed E-state index contributed by atoms with van der Waals surface area (Å²) >= 11 is 0. The van der Waals surface area contributed by atoms with Crippen LogP contribution >= 0.6 is 0 Å². The minimum atomic E-state index is -1.37. The molecule has 0 aliphatic heterocycles. The average molecular weight is 494 g/mol. The number of hydrogen-bond donors (Lipinski definition) is 3. The molecule has 0 radical (unpaired) electrons. The lowest BCUT2D eigenvalue weighted by Gasteiger charge is -2.43. The summed E-state index contributed by atoms with van der Waals surface area (Å²) in [6, 6.07) is 2.97. The molecule has 196 valence electrons. The molecule has 1 aromatic rings. The zero-order valence-electron chi connectivity index (χ0n) is 22.1. The number of carbonyl (C=O) groups is 4. The van der Waals surface area contributed by atoms with E-state index in [1.807, 2.05) is 26.0 Å². The van der Waals surface area contributed by atoms with Gasteiger partial charge in [0.25, 0.3) is 0 Å². The molecule has 0 aromatic heterocycles. The number of esters is 1. The van der Waals surface area contributed by atoms with E-state index < -0.39 is 53.7 Å². The number of aliphatic hydroxyl groups excluding tert-OH is 1. The van der Waals surface area contributed by atoms with Gasteiger partial charge in [0.1, 0.15) is 24.2 Å². The van der Waals surface area contributed by atoms with Crippen molar-refractivity contribution in [2.24, 2.45) is 0 Å². The summed E-state index contributed by atoms with van der Waals surface area (Å²) in [4.78, 5) is 52.5. The normalized spacial score (nSPS) is 13.3. The zero-order chi connectivity index (χ0) is 27.1. The number of amides is 3. The Kier molecular flexibility index (Phi) is 10.3. The Morgan fingerprint density at radius 3 is 2.14 bits per heavy atom. The highest BCUT2D eigenvalue weighted by atomic mass is 16.6. The summed E-state index contributed by atoms with van der Waals surface area (Å²) in [6.45, 7) is 12.8. The van der Waals surface area contributed by atoms with Gasteiger partial charge in [0.2, 0.25) is 11.8 Å². The van der Waals surface area contributed by atoms with E-state index in [-0.39, 0.29) is 6.54 Å². The fraction of sp³-hybridized carbons (Fsp3) is 0.600. The number of benzene rings is 1. The smallest absolute Gasteiger partial charge is 0.408 e. The molecule has 10 heteroatoms. The summed E-state index contributed by atoms with van der Waals surface area (Å²) in [6.07, 6.45) is -0.878. The molecule has 0 fully saturated rings. The number of ether oxygens (including phenoxy) is 2. The van der Waals surface area contributed by atoms with E-state index in [2.05, 4.69) is 15.4 Å². The second kappa shape index (κ2) is 12.0. The number of aryl methyl sites for hydroxylation is 2. The Balaban J connectivity index is 3.54. The molecule has 0 aliphatic rings. The first kappa shape index (κ1) is 29.9. The molecule has 0 aliphatic carbocycles. The van der Waals surface area contributed by atoms with Gasteiger partial charge >= 0.3 is 12.1 Å². The van der Waals surface area contributed by atoms with Crippen molar-refractivity contribution in [1.29, 1.82) is 0 Å². The predicted octanol–water partition coefficient (Wildman–Crippen LogP) is 2.15. The average Bonchev–Trinajstić information content (AvgIpc) is 2.73.